The minimum Gasteiger partial charge on any atom is -0.454 e. The van der Waals surface area contributed by atoms with Crippen molar-refractivity contribution in [2.45, 2.75) is 45.1 Å². The van der Waals surface area contributed by atoms with E-state index in [0.717, 1.165) is 22.8 Å². The molecule has 1 aromatic rings. The van der Waals surface area contributed by atoms with Crippen LogP contribution >= 0.6 is 12.2 Å². The van der Waals surface area contributed by atoms with Gasteiger partial charge in [-0.25, -0.2) is 0 Å². The predicted molar refractivity (Wildman–Crippen MR) is 90.5 cm³/mol. The monoisotopic (exact) mass is 319 g/mol. The quantitative estimate of drug-likeness (QED) is 0.510. The summed E-state index contributed by atoms with van der Waals surface area (Å²) in [5.41, 5.74) is 4.77. The highest BCUT2D eigenvalue weighted by Gasteiger charge is 2.15. The molecule has 5 nitrogen and oxygen atoms in total. The number of nitrogens with zero attached hydrogens (tertiary/aromatic N) is 1. The number of ether oxygens (including phenoxy) is 2. The SMILES string of the molecule is C/C(=N\NC(=S)NC1CCCCC1)c1ccc2c(c1)OCO2. The van der Waals surface area contributed by atoms with Gasteiger partial charge in [-0.3, -0.25) is 5.43 Å². The van der Waals surface area contributed by atoms with Crippen molar-refractivity contribution in [3.05, 3.63) is 23.8 Å². The molecule has 1 aliphatic carbocycles. The summed E-state index contributed by atoms with van der Waals surface area (Å²) >= 11 is 5.31. The van der Waals surface area contributed by atoms with Crippen LogP contribution in [-0.4, -0.2) is 23.7 Å². The van der Waals surface area contributed by atoms with Crippen molar-refractivity contribution < 1.29 is 9.47 Å². The molecular weight excluding hydrogens is 298 g/mol. The number of rotatable bonds is 3. The molecule has 1 fully saturated rings. The van der Waals surface area contributed by atoms with Crippen LogP contribution in [0.25, 0.3) is 0 Å². The summed E-state index contributed by atoms with van der Waals surface area (Å²) in [6.45, 7) is 2.22. The van der Waals surface area contributed by atoms with E-state index in [1.807, 2.05) is 25.1 Å². The molecule has 0 unspecified atom stereocenters. The first-order valence-corrected chi connectivity index (χ1v) is 8.14. The second kappa shape index (κ2) is 6.96. The maximum Gasteiger partial charge on any atom is 0.231 e. The van der Waals surface area contributed by atoms with Gasteiger partial charge in [0, 0.05) is 11.6 Å². The Morgan fingerprint density at radius 2 is 1.95 bits per heavy atom. The second-order valence-electron chi connectivity index (χ2n) is 5.69. The maximum atomic E-state index is 5.38. The van der Waals surface area contributed by atoms with Gasteiger partial charge in [0.05, 0.1) is 5.71 Å². The van der Waals surface area contributed by atoms with Crippen LogP contribution in [-0.2, 0) is 0 Å². The topological polar surface area (TPSA) is 54.9 Å². The van der Waals surface area contributed by atoms with Crippen molar-refractivity contribution in [3.8, 4) is 11.5 Å². The zero-order chi connectivity index (χ0) is 15.4. The molecule has 6 heteroatoms. The van der Waals surface area contributed by atoms with Gasteiger partial charge in [0.2, 0.25) is 6.79 Å². The number of hydrogen-bond acceptors (Lipinski definition) is 4. The van der Waals surface area contributed by atoms with Crippen LogP contribution < -0.4 is 20.2 Å². The number of hydrogen-bond donors (Lipinski definition) is 2. The maximum absolute atomic E-state index is 5.38. The molecule has 0 amide bonds. The van der Waals surface area contributed by atoms with Gasteiger partial charge in [-0.1, -0.05) is 19.3 Å². The number of benzene rings is 1. The molecule has 118 valence electrons. The molecule has 1 aromatic carbocycles. The first-order valence-electron chi connectivity index (χ1n) is 7.73. The molecule has 1 heterocycles. The zero-order valence-electron chi connectivity index (χ0n) is 12.7. The van der Waals surface area contributed by atoms with Gasteiger partial charge in [0.1, 0.15) is 0 Å². The summed E-state index contributed by atoms with van der Waals surface area (Å²) in [4.78, 5) is 0. The summed E-state index contributed by atoms with van der Waals surface area (Å²) in [5.74, 6) is 1.54. The molecular formula is C16H21N3O2S. The average Bonchev–Trinajstić information content (AvgIpc) is 3.01. The van der Waals surface area contributed by atoms with Gasteiger partial charge in [-0.05, 0) is 50.2 Å². The van der Waals surface area contributed by atoms with Crippen LogP contribution in [0.2, 0.25) is 0 Å². The van der Waals surface area contributed by atoms with Crippen molar-refractivity contribution in [1.82, 2.24) is 10.7 Å². The Morgan fingerprint density at radius 3 is 2.77 bits per heavy atom. The van der Waals surface area contributed by atoms with Crippen LogP contribution in [0, 0.1) is 0 Å². The van der Waals surface area contributed by atoms with E-state index in [1.165, 1.54) is 32.1 Å². The molecule has 0 bridgehead atoms. The van der Waals surface area contributed by atoms with Crippen molar-refractivity contribution >= 4 is 23.0 Å². The summed E-state index contributed by atoms with van der Waals surface area (Å²) < 4.78 is 10.7. The van der Waals surface area contributed by atoms with Crippen molar-refractivity contribution in [2.24, 2.45) is 5.10 Å². The van der Waals surface area contributed by atoms with Crippen molar-refractivity contribution in [1.29, 1.82) is 0 Å². The summed E-state index contributed by atoms with van der Waals surface area (Å²) in [7, 11) is 0. The fraction of sp³-hybridized carbons (Fsp3) is 0.500. The van der Waals surface area contributed by atoms with E-state index < -0.39 is 0 Å². The number of thiocarbonyl (C=S) groups is 1. The third-order valence-corrected chi connectivity index (χ3v) is 4.27. The van der Waals surface area contributed by atoms with Crippen LogP contribution in [0.3, 0.4) is 0 Å². The fourth-order valence-corrected chi connectivity index (χ4v) is 3.00. The Balaban J connectivity index is 1.56. The first-order chi connectivity index (χ1) is 10.7. The van der Waals surface area contributed by atoms with Crippen LogP contribution in [0.1, 0.15) is 44.6 Å². The first kappa shape index (κ1) is 15.1. The van der Waals surface area contributed by atoms with Crippen LogP contribution in [0.15, 0.2) is 23.3 Å². The van der Waals surface area contributed by atoms with Gasteiger partial charge in [-0.2, -0.15) is 5.10 Å². The third-order valence-electron chi connectivity index (χ3n) is 4.06. The van der Waals surface area contributed by atoms with E-state index in [1.54, 1.807) is 0 Å². The second-order valence-corrected chi connectivity index (χ2v) is 6.09. The van der Waals surface area contributed by atoms with Crippen molar-refractivity contribution in [3.63, 3.8) is 0 Å². The number of hydrazone groups is 1. The minimum absolute atomic E-state index is 0.280. The normalized spacial score (nSPS) is 18.1. The summed E-state index contributed by atoms with van der Waals surface area (Å²) in [6.07, 6.45) is 6.26. The Bertz CT molecular complexity index is 583. The molecule has 0 atom stereocenters. The fourth-order valence-electron chi connectivity index (χ4n) is 2.79. The van der Waals surface area contributed by atoms with E-state index in [2.05, 4.69) is 15.8 Å². The van der Waals surface area contributed by atoms with Crippen LogP contribution in [0.5, 0.6) is 11.5 Å². The molecule has 0 radical (unpaired) electrons. The Morgan fingerprint density at radius 1 is 1.18 bits per heavy atom. The number of fused-ring (bicyclic) bond motifs is 1. The smallest absolute Gasteiger partial charge is 0.231 e. The molecule has 22 heavy (non-hydrogen) atoms. The molecule has 0 aromatic heterocycles. The Kier molecular flexibility index (Phi) is 4.77. The Labute approximate surface area is 136 Å². The standard InChI is InChI=1S/C16H21N3O2S/c1-11(12-7-8-14-15(9-12)21-10-20-14)18-19-16(22)17-13-5-3-2-4-6-13/h7-9,13H,2-6,10H2,1H3,(H2,17,19,22)/b18-11+. The van der Waals surface area contributed by atoms with Gasteiger partial charge in [-0.15, -0.1) is 0 Å². The molecule has 1 aliphatic heterocycles. The average molecular weight is 319 g/mol. The van der Waals surface area contributed by atoms with E-state index in [9.17, 15) is 0 Å². The van der Waals surface area contributed by atoms with Crippen molar-refractivity contribution in [2.75, 3.05) is 6.79 Å². The largest absolute Gasteiger partial charge is 0.454 e. The highest BCUT2D eigenvalue weighted by molar-refractivity contribution is 7.80. The van der Waals surface area contributed by atoms with Crippen LogP contribution in [0.4, 0.5) is 0 Å². The molecule has 2 N–H and O–H groups in total. The molecule has 0 saturated heterocycles. The molecule has 3 rings (SSSR count). The van der Waals surface area contributed by atoms with E-state index in [-0.39, 0.29) is 6.79 Å². The summed E-state index contributed by atoms with van der Waals surface area (Å²) in [5, 5.41) is 8.28. The summed E-state index contributed by atoms with van der Waals surface area (Å²) in [6, 6.07) is 6.27. The Hall–Kier alpha value is -1.82. The van der Waals surface area contributed by atoms with Gasteiger partial charge in [0.15, 0.2) is 16.6 Å². The highest BCUT2D eigenvalue weighted by Crippen LogP contribution is 2.32. The highest BCUT2D eigenvalue weighted by atomic mass is 32.1. The lowest BCUT2D eigenvalue weighted by Crippen LogP contribution is -2.41. The van der Waals surface area contributed by atoms with Gasteiger partial charge in [0.25, 0.3) is 0 Å². The molecule has 1 saturated carbocycles. The minimum atomic E-state index is 0.280. The lowest BCUT2D eigenvalue weighted by Gasteiger charge is -2.23. The third kappa shape index (κ3) is 3.68. The van der Waals surface area contributed by atoms with Gasteiger partial charge >= 0.3 is 0 Å². The van der Waals surface area contributed by atoms with Gasteiger partial charge < -0.3 is 14.8 Å². The lowest BCUT2D eigenvalue weighted by molar-refractivity contribution is 0.174. The predicted octanol–water partition coefficient (Wildman–Crippen LogP) is 2.94. The van der Waals surface area contributed by atoms with E-state index >= 15 is 0 Å². The molecule has 2 aliphatic rings. The molecule has 0 spiro atoms. The number of nitrogens with one attached hydrogen (secondary N) is 2. The zero-order valence-corrected chi connectivity index (χ0v) is 13.5. The van der Waals surface area contributed by atoms with E-state index in [4.69, 9.17) is 21.7 Å². The van der Waals surface area contributed by atoms with E-state index in [0.29, 0.717) is 11.2 Å². The lowest BCUT2D eigenvalue weighted by atomic mass is 9.96.